The molecule has 0 atom stereocenters. The maximum absolute atomic E-state index is 2.60. The lowest BCUT2D eigenvalue weighted by Gasteiger charge is -2.42. The number of nitrogens with zero attached hydrogens (tertiary/aromatic N) is 2. The molecule has 65 heavy (non-hydrogen) atoms. The molecule has 0 saturated heterocycles. The molecule has 0 heterocycles. The molecule has 0 radical (unpaired) electrons. The molecule has 9 rings (SSSR count). The molecule has 0 bridgehead atoms. The van der Waals surface area contributed by atoms with Crippen LogP contribution < -0.4 is 9.80 Å². The van der Waals surface area contributed by atoms with Crippen LogP contribution in [0.4, 0.5) is 34.1 Å². The topological polar surface area (TPSA) is 6.48 Å². The minimum absolute atomic E-state index is 0.0243. The SMILES string of the molecule is Cc1cccc(C)c1-c1cc(N(c2cccc(C(C)(C)C)c2)c2cccc(C(C)(C)C)c2)cc(N(c2ccc3c(c2)C(C)(C)CCC3(C)C)c2cccc3c2-c2ccccc2C3(C)C)c1. The summed E-state index contributed by atoms with van der Waals surface area (Å²) in [6.45, 7) is 32.9. The van der Waals surface area contributed by atoms with Gasteiger partial charge in [0.25, 0.3) is 0 Å². The minimum atomic E-state index is -0.145. The van der Waals surface area contributed by atoms with Gasteiger partial charge in [-0.15, -0.1) is 0 Å². The van der Waals surface area contributed by atoms with Crippen LogP contribution in [0.15, 0.2) is 146 Å². The summed E-state index contributed by atoms with van der Waals surface area (Å²) in [5, 5.41) is 0. The standard InChI is InChI=1S/C63H70N2/c1-41-21-17-22-42(2)57(41)43-35-49(64(46-25-18-23-44(37-46)59(3,4)5)47-26-19-24-45(38-47)60(6,7)8)39-50(36-43)65(48-31-32-53-55(40-48)62(11,12)34-33-61(53,9)10)56-30-20-29-54-58(56)51-27-15-16-28-52(51)63(54,13)14/h15-32,35-40H,33-34H2,1-14H3. The summed E-state index contributed by atoms with van der Waals surface area (Å²) in [5.41, 5.74) is 22.8. The molecule has 0 aliphatic heterocycles. The van der Waals surface area contributed by atoms with Crippen molar-refractivity contribution in [3.63, 3.8) is 0 Å². The number of hydrogen-bond donors (Lipinski definition) is 0. The highest BCUT2D eigenvalue weighted by Gasteiger charge is 2.40. The van der Waals surface area contributed by atoms with Crippen molar-refractivity contribution in [3.8, 4) is 22.3 Å². The number of benzene rings is 7. The molecular formula is C63H70N2. The highest BCUT2D eigenvalue weighted by Crippen LogP contribution is 2.56. The van der Waals surface area contributed by atoms with E-state index in [2.05, 4.69) is 252 Å². The summed E-state index contributed by atoms with van der Waals surface area (Å²) in [6.07, 6.45) is 2.33. The predicted molar refractivity (Wildman–Crippen MR) is 281 cm³/mol. The summed E-state index contributed by atoms with van der Waals surface area (Å²) in [5.74, 6) is 0. The number of rotatable bonds is 7. The van der Waals surface area contributed by atoms with Gasteiger partial charge < -0.3 is 9.80 Å². The molecule has 2 aliphatic carbocycles. The van der Waals surface area contributed by atoms with Gasteiger partial charge >= 0.3 is 0 Å². The van der Waals surface area contributed by atoms with E-state index in [-0.39, 0.29) is 27.1 Å². The van der Waals surface area contributed by atoms with Crippen LogP contribution in [0.5, 0.6) is 0 Å². The molecule has 0 amide bonds. The molecule has 0 saturated carbocycles. The fourth-order valence-corrected chi connectivity index (χ4v) is 11.0. The van der Waals surface area contributed by atoms with E-state index in [1.807, 2.05) is 0 Å². The average molecular weight is 855 g/mol. The van der Waals surface area contributed by atoms with Gasteiger partial charge in [0.1, 0.15) is 0 Å². The number of aryl methyl sites for hydroxylation is 2. The first kappa shape index (κ1) is 44.3. The lowest BCUT2D eigenvalue weighted by molar-refractivity contribution is 0.332. The van der Waals surface area contributed by atoms with Crippen LogP contribution in [-0.2, 0) is 27.1 Å². The van der Waals surface area contributed by atoms with Crippen molar-refractivity contribution in [1.82, 2.24) is 0 Å². The van der Waals surface area contributed by atoms with Gasteiger partial charge in [-0.2, -0.15) is 0 Å². The van der Waals surface area contributed by atoms with Gasteiger partial charge in [0.2, 0.25) is 0 Å². The largest absolute Gasteiger partial charge is 0.310 e. The van der Waals surface area contributed by atoms with E-state index in [0.29, 0.717) is 0 Å². The second kappa shape index (κ2) is 15.6. The predicted octanol–water partition coefficient (Wildman–Crippen LogP) is 18.2. The van der Waals surface area contributed by atoms with Gasteiger partial charge in [-0.05, 0) is 170 Å². The van der Waals surface area contributed by atoms with Crippen LogP contribution in [0.25, 0.3) is 22.3 Å². The molecule has 2 heteroatoms. The highest BCUT2D eigenvalue weighted by molar-refractivity contribution is 5.97. The van der Waals surface area contributed by atoms with Crippen LogP contribution in [0.2, 0.25) is 0 Å². The molecule has 0 spiro atoms. The van der Waals surface area contributed by atoms with Gasteiger partial charge in [-0.25, -0.2) is 0 Å². The third kappa shape index (κ3) is 7.81. The lowest BCUT2D eigenvalue weighted by Crippen LogP contribution is -2.34. The Morgan fingerprint density at radius 1 is 0.400 bits per heavy atom. The fraction of sp³-hybridized carbons (Fsp3) is 0.333. The molecule has 2 aliphatic rings. The average Bonchev–Trinajstić information content (AvgIpc) is 3.49. The lowest BCUT2D eigenvalue weighted by atomic mass is 9.63. The van der Waals surface area contributed by atoms with Crippen LogP contribution in [-0.4, -0.2) is 0 Å². The third-order valence-corrected chi connectivity index (χ3v) is 15.1. The van der Waals surface area contributed by atoms with Crippen LogP contribution >= 0.6 is 0 Å². The first-order valence-electron chi connectivity index (χ1n) is 24.0. The van der Waals surface area contributed by atoms with E-state index >= 15 is 0 Å². The zero-order valence-corrected chi connectivity index (χ0v) is 41.7. The number of hydrogen-bond acceptors (Lipinski definition) is 2. The van der Waals surface area contributed by atoms with Crippen molar-refractivity contribution in [2.75, 3.05) is 9.80 Å². The van der Waals surface area contributed by atoms with Crippen molar-refractivity contribution >= 4 is 34.1 Å². The van der Waals surface area contributed by atoms with Gasteiger partial charge in [-0.1, -0.05) is 168 Å². The Kier molecular flexibility index (Phi) is 10.7. The Morgan fingerprint density at radius 3 is 1.51 bits per heavy atom. The van der Waals surface area contributed by atoms with E-state index < -0.39 is 0 Å². The molecular weight excluding hydrogens is 785 g/mol. The van der Waals surface area contributed by atoms with Crippen molar-refractivity contribution in [2.24, 2.45) is 0 Å². The summed E-state index contributed by atoms with van der Waals surface area (Å²) in [4.78, 5) is 5.11. The van der Waals surface area contributed by atoms with Crippen LogP contribution in [0.3, 0.4) is 0 Å². The van der Waals surface area contributed by atoms with Crippen molar-refractivity contribution in [3.05, 3.63) is 190 Å². The first-order valence-corrected chi connectivity index (χ1v) is 24.0. The molecule has 7 aromatic rings. The summed E-state index contributed by atoms with van der Waals surface area (Å²) in [7, 11) is 0. The van der Waals surface area contributed by atoms with Gasteiger partial charge in [-0.3, -0.25) is 0 Å². The van der Waals surface area contributed by atoms with E-state index in [1.54, 1.807) is 0 Å². The van der Waals surface area contributed by atoms with Crippen LogP contribution in [0.1, 0.15) is 140 Å². The Morgan fingerprint density at radius 2 is 0.908 bits per heavy atom. The van der Waals surface area contributed by atoms with Crippen LogP contribution in [0, 0.1) is 13.8 Å². The number of anilines is 6. The second-order valence-electron chi connectivity index (χ2n) is 23.1. The fourth-order valence-electron chi connectivity index (χ4n) is 11.0. The number of fused-ring (bicyclic) bond motifs is 4. The molecule has 0 unspecified atom stereocenters. The van der Waals surface area contributed by atoms with Gasteiger partial charge in [0.05, 0.1) is 5.69 Å². The van der Waals surface area contributed by atoms with Crippen molar-refractivity contribution in [1.29, 1.82) is 0 Å². The minimum Gasteiger partial charge on any atom is -0.310 e. The van der Waals surface area contributed by atoms with E-state index in [1.165, 1.54) is 84.6 Å². The monoisotopic (exact) mass is 855 g/mol. The second-order valence-corrected chi connectivity index (χ2v) is 23.1. The molecule has 0 fully saturated rings. The molecule has 7 aromatic carbocycles. The zero-order valence-electron chi connectivity index (χ0n) is 41.7. The van der Waals surface area contributed by atoms with E-state index in [9.17, 15) is 0 Å². The Labute approximate surface area is 391 Å². The molecule has 0 N–H and O–H groups in total. The highest BCUT2D eigenvalue weighted by atomic mass is 15.2. The normalized spacial score (nSPS) is 15.8. The Balaban J connectivity index is 1.40. The Hall–Kier alpha value is -5.86. The van der Waals surface area contributed by atoms with Crippen molar-refractivity contribution in [2.45, 2.75) is 137 Å². The van der Waals surface area contributed by atoms with Gasteiger partial charge in [0, 0.05) is 39.4 Å². The summed E-state index contributed by atoms with van der Waals surface area (Å²) >= 11 is 0. The maximum atomic E-state index is 2.60. The zero-order chi connectivity index (χ0) is 46.4. The molecule has 0 aromatic heterocycles. The van der Waals surface area contributed by atoms with E-state index in [4.69, 9.17) is 0 Å². The summed E-state index contributed by atoms with van der Waals surface area (Å²) in [6, 6.07) is 56.0. The Bertz CT molecular complexity index is 2880. The smallest absolute Gasteiger partial charge is 0.0543 e. The van der Waals surface area contributed by atoms with E-state index in [0.717, 1.165) is 29.2 Å². The maximum Gasteiger partial charge on any atom is 0.0543 e. The third-order valence-electron chi connectivity index (χ3n) is 15.1. The molecule has 2 nitrogen and oxygen atoms in total. The first-order chi connectivity index (χ1) is 30.6. The quantitative estimate of drug-likeness (QED) is 0.158. The van der Waals surface area contributed by atoms with Crippen molar-refractivity contribution < 1.29 is 0 Å². The summed E-state index contributed by atoms with van der Waals surface area (Å²) < 4.78 is 0. The van der Waals surface area contributed by atoms with Gasteiger partial charge in [0.15, 0.2) is 0 Å². The molecule has 332 valence electrons.